The second kappa shape index (κ2) is 8.40. The number of aromatic carboxylic acids is 1. The number of nitrogens with zero attached hydrogens (tertiary/aromatic N) is 2. The van der Waals surface area contributed by atoms with E-state index in [0.717, 1.165) is 33.3 Å². The Hall–Kier alpha value is -4.45. The van der Waals surface area contributed by atoms with Gasteiger partial charge in [0.15, 0.2) is 5.78 Å². The second-order valence-electron chi connectivity index (χ2n) is 8.99. The van der Waals surface area contributed by atoms with Crippen molar-refractivity contribution in [1.29, 1.82) is 0 Å². The Labute approximate surface area is 202 Å². The number of carboxylic acid groups (broad SMARTS) is 1. The number of ketones is 1. The Morgan fingerprint density at radius 3 is 2.63 bits per heavy atom. The molecule has 3 heterocycles. The molecule has 2 aliphatic heterocycles. The third-order valence-electron chi connectivity index (χ3n) is 6.98. The number of aromatic nitrogens is 1. The Morgan fingerprint density at radius 1 is 0.971 bits per heavy atom. The number of carboxylic acids is 1. The maximum Gasteiger partial charge on any atom is 0.335 e. The van der Waals surface area contributed by atoms with Crippen molar-refractivity contribution in [3.63, 3.8) is 0 Å². The number of hydrogen-bond acceptors (Lipinski definition) is 5. The largest absolute Gasteiger partial charge is 0.478 e. The number of anilines is 1. The van der Waals surface area contributed by atoms with Crippen LogP contribution in [0, 0.1) is 5.92 Å². The molecule has 0 aliphatic carbocycles. The van der Waals surface area contributed by atoms with Gasteiger partial charge in [-0.05, 0) is 53.2 Å². The molecule has 2 N–H and O–H groups in total. The van der Waals surface area contributed by atoms with E-state index in [1.165, 1.54) is 0 Å². The molecule has 3 aromatic carbocycles. The van der Waals surface area contributed by atoms with Crippen LogP contribution in [-0.4, -0.2) is 39.5 Å². The molecule has 0 radical (unpaired) electrons. The fourth-order valence-corrected chi connectivity index (χ4v) is 5.12. The Kier molecular flexibility index (Phi) is 5.07. The lowest BCUT2D eigenvalue weighted by Gasteiger charge is -2.26. The molecule has 172 valence electrons. The van der Waals surface area contributed by atoms with Crippen LogP contribution in [0.3, 0.4) is 0 Å². The maximum atomic E-state index is 13.5. The van der Waals surface area contributed by atoms with E-state index in [1.54, 1.807) is 18.3 Å². The van der Waals surface area contributed by atoms with Gasteiger partial charge in [0, 0.05) is 29.1 Å². The maximum absolute atomic E-state index is 13.5. The molecule has 0 saturated heterocycles. The molecule has 2 atom stereocenters. The van der Waals surface area contributed by atoms with Gasteiger partial charge in [-0.3, -0.25) is 9.78 Å². The summed E-state index contributed by atoms with van der Waals surface area (Å²) in [5.41, 5.74) is 4.53. The highest BCUT2D eigenvalue weighted by Gasteiger charge is 2.36. The molecule has 1 aromatic heterocycles. The monoisotopic (exact) mass is 461 g/mol. The van der Waals surface area contributed by atoms with Crippen LogP contribution in [-0.2, 0) is 6.42 Å². The number of benzene rings is 3. The number of rotatable bonds is 4. The van der Waals surface area contributed by atoms with Crippen LogP contribution in [0.15, 0.2) is 91.3 Å². The Balaban J connectivity index is 1.26. The minimum atomic E-state index is -0.952. The van der Waals surface area contributed by atoms with E-state index in [0.29, 0.717) is 18.7 Å². The SMILES string of the molecule is O=C(O)c1ccc2c(c1)NCN1C=CC(C(=O)c3ccc(-c4cccc5ccccc45)nc3)C1C2. The van der Waals surface area contributed by atoms with Gasteiger partial charge in [-0.2, -0.15) is 0 Å². The van der Waals surface area contributed by atoms with Crippen LogP contribution in [0.1, 0.15) is 26.3 Å². The van der Waals surface area contributed by atoms with E-state index >= 15 is 0 Å². The van der Waals surface area contributed by atoms with Gasteiger partial charge in [0.1, 0.15) is 0 Å². The first-order chi connectivity index (χ1) is 17.1. The number of Topliss-reactive ketones (excluding diaryl/α,β-unsaturated/α-hetero) is 1. The van der Waals surface area contributed by atoms with Crippen molar-refractivity contribution in [2.45, 2.75) is 12.5 Å². The van der Waals surface area contributed by atoms with Gasteiger partial charge in [-0.15, -0.1) is 0 Å². The molecule has 0 bridgehead atoms. The third kappa shape index (κ3) is 3.73. The lowest BCUT2D eigenvalue weighted by atomic mass is 9.88. The van der Waals surface area contributed by atoms with Gasteiger partial charge in [0.25, 0.3) is 0 Å². The number of carbonyl (C=O) groups is 2. The zero-order chi connectivity index (χ0) is 23.9. The third-order valence-corrected chi connectivity index (χ3v) is 6.98. The standard InChI is InChI=1S/C29H23N3O3/c33-28(21-10-11-25(30-16-21)23-7-3-5-18-4-1-2-6-22(18)23)24-12-13-32-17-31-26-14-20(29(34)35)9-8-19(26)15-27(24)32/h1-14,16,24,27,31H,15,17H2,(H,34,35). The zero-order valence-corrected chi connectivity index (χ0v) is 18.9. The van der Waals surface area contributed by atoms with E-state index in [2.05, 4.69) is 39.5 Å². The lowest BCUT2D eigenvalue weighted by molar-refractivity contribution is 0.0696. The first-order valence-corrected chi connectivity index (χ1v) is 11.6. The number of carbonyl (C=O) groups excluding carboxylic acids is 1. The summed E-state index contributed by atoms with van der Waals surface area (Å²) in [7, 11) is 0. The van der Waals surface area contributed by atoms with E-state index in [9.17, 15) is 14.7 Å². The summed E-state index contributed by atoms with van der Waals surface area (Å²) in [5.74, 6) is -1.21. The van der Waals surface area contributed by atoms with Crippen molar-refractivity contribution in [3.05, 3.63) is 108 Å². The average molecular weight is 462 g/mol. The van der Waals surface area contributed by atoms with Gasteiger partial charge in [0.05, 0.1) is 23.8 Å². The van der Waals surface area contributed by atoms with Crippen LogP contribution < -0.4 is 5.32 Å². The zero-order valence-electron chi connectivity index (χ0n) is 18.9. The second-order valence-corrected chi connectivity index (χ2v) is 8.99. The van der Waals surface area contributed by atoms with Crippen molar-refractivity contribution >= 4 is 28.2 Å². The van der Waals surface area contributed by atoms with Gasteiger partial charge in [0.2, 0.25) is 0 Å². The molecule has 35 heavy (non-hydrogen) atoms. The minimum absolute atomic E-state index is 0.0373. The van der Waals surface area contributed by atoms with E-state index < -0.39 is 5.97 Å². The normalized spacial score (nSPS) is 18.5. The van der Waals surface area contributed by atoms with Gasteiger partial charge in [-0.25, -0.2) is 4.79 Å². The summed E-state index contributed by atoms with van der Waals surface area (Å²) >= 11 is 0. The topological polar surface area (TPSA) is 82.5 Å². The predicted octanol–water partition coefficient (Wildman–Crippen LogP) is 5.22. The van der Waals surface area contributed by atoms with Crippen LogP contribution >= 0.6 is 0 Å². The summed E-state index contributed by atoms with van der Waals surface area (Å²) < 4.78 is 0. The highest BCUT2D eigenvalue weighted by Crippen LogP contribution is 2.33. The highest BCUT2D eigenvalue weighted by atomic mass is 16.4. The smallest absolute Gasteiger partial charge is 0.335 e. The molecule has 0 saturated carbocycles. The Morgan fingerprint density at radius 2 is 1.80 bits per heavy atom. The summed E-state index contributed by atoms with van der Waals surface area (Å²) in [6.45, 7) is 0.513. The highest BCUT2D eigenvalue weighted by molar-refractivity contribution is 6.00. The van der Waals surface area contributed by atoms with Crippen LogP contribution in [0.5, 0.6) is 0 Å². The first-order valence-electron chi connectivity index (χ1n) is 11.6. The molecular formula is C29H23N3O3. The molecule has 0 spiro atoms. The number of hydrogen-bond donors (Lipinski definition) is 2. The van der Waals surface area contributed by atoms with E-state index in [4.69, 9.17) is 0 Å². The quantitative estimate of drug-likeness (QED) is 0.406. The first kappa shape index (κ1) is 21.1. The summed E-state index contributed by atoms with van der Waals surface area (Å²) in [6, 6.07) is 23.2. The van der Waals surface area contributed by atoms with Gasteiger partial charge >= 0.3 is 5.97 Å². The number of fused-ring (bicyclic) bond motifs is 3. The number of nitrogens with one attached hydrogen (secondary N) is 1. The molecule has 6 nitrogen and oxygen atoms in total. The van der Waals surface area contributed by atoms with E-state index in [-0.39, 0.29) is 23.3 Å². The van der Waals surface area contributed by atoms with Crippen molar-refractivity contribution in [2.24, 2.45) is 5.92 Å². The van der Waals surface area contributed by atoms with Crippen molar-refractivity contribution in [2.75, 3.05) is 12.0 Å². The van der Waals surface area contributed by atoms with E-state index in [1.807, 2.05) is 48.7 Å². The van der Waals surface area contributed by atoms with Gasteiger partial charge < -0.3 is 15.3 Å². The van der Waals surface area contributed by atoms with Crippen molar-refractivity contribution < 1.29 is 14.7 Å². The molecule has 0 fully saturated rings. The molecule has 2 aliphatic rings. The van der Waals surface area contributed by atoms with Crippen molar-refractivity contribution in [3.8, 4) is 11.3 Å². The molecule has 4 aromatic rings. The van der Waals surface area contributed by atoms with Crippen LogP contribution in [0.25, 0.3) is 22.0 Å². The molecule has 0 amide bonds. The fourth-order valence-electron chi connectivity index (χ4n) is 5.12. The molecule has 2 unspecified atom stereocenters. The van der Waals surface area contributed by atoms with Gasteiger partial charge in [-0.1, -0.05) is 54.6 Å². The molecule has 6 rings (SSSR count). The van der Waals surface area contributed by atoms with Crippen LogP contribution in [0.2, 0.25) is 0 Å². The fraction of sp³-hybridized carbons (Fsp3) is 0.138. The molecular weight excluding hydrogens is 438 g/mol. The average Bonchev–Trinajstić information content (AvgIpc) is 3.20. The summed E-state index contributed by atoms with van der Waals surface area (Å²) in [4.78, 5) is 31.6. The summed E-state index contributed by atoms with van der Waals surface area (Å²) in [5, 5.41) is 14.9. The Bertz CT molecular complexity index is 1490. The predicted molar refractivity (Wildman–Crippen MR) is 135 cm³/mol. The lowest BCUT2D eigenvalue weighted by Crippen LogP contribution is -2.38. The summed E-state index contributed by atoms with van der Waals surface area (Å²) in [6.07, 6.45) is 6.25. The molecule has 6 heteroatoms. The van der Waals surface area contributed by atoms with Crippen molar-refractivity contribution in [1.82, 2.24) is 9.88 Å². The minimum Gasteiger partial charge on any atom is -0.478 e. The number of pyridine rings is 1. The van der Waals surface area contributed by atoms with Crippen LogP contribution in [0.4, 0.5) is 5.69 Å².